The van der Waals surface area contributed by atoms with Gasteiger partial charge in [-0.2, -0.15) is 0 Å². The minimum Gasteiger partial charge on any atom is -0.466 e. The Morgan fingerprint density at radius 1 is 1.47 bits per heavy atom. The third-order valence-corrected chi connectivity index (χ3v) is 3.11. The van der Waals surface area contributed by atoms with E-state index >= 15 is 0 Å². The van der Waals surface area contributed by atoms with Gasteiger partial charge < -0.3 is 14.2 Å². The fourth-order valence-corrected chi connectivity index (χ4v) is 2.46. The molecule has 0 amide bonds. The van der Waals surface area contributed by atoms with Gasteiger partial charge in [0.05, 0.1) is 19.8 Å². The lowest BCUT2D eigenvalue weighted by molar-refractivity contribution is -0.154. The summed E-state index contributed by atoms with van der Waals surface area (Å²) in [6, 6.07) is 0. The molecule has 1 atom stereocenters. The highest BCUT2D eigenvalue weighted by Gasteiger charge is 2.44. The van der Waals surface area contributed by atoms with Crippen LogP contribution in [0.4, 0.5) is 0 Å². The van der Waals surface area contributed by atoms with E-state index in [0.717, 1.165) is 19.3 Å². The Balaban J connectivity index is 1.79. The molecule has 1 spiro atoms. The van der Waals surface area contributed by atoms with Crippen LogP contribution in [0.25, 0.3) is 0 Å². The molecular formula is C11H18O4. The largest absolute Gasteiger partial charge is 0.466 e. The molecule has 2 rings (SSSR count). The van der Waals surface area contributed by atoms with E-state index < -0.39 is 0 Å². The number of esters is 1. The van der Waals surface area contributed by atoms with Gasteiger partial charge in [0, 0.05) is 19.3 Å². The predicted octanol–water partition coefficient (Wildman–Crippen LogP) is 1.48. The van der Waals surface area contributed by atoms with Crippen LogP contribution in [0.1, 0.15) is 32.6 Å². The van der Waals surface area contributed by atoms with E-state index in [1.165, 1.54) is 0 Å². The quantitative estimate of drug-likeness (QED) is 0.667. The third kappa shape index (κ3) is 2.49. The van der Waals surface area contributed by atoms with Crippen LogP contribution in [0.2, 0.25) is 0 Å². The summed E-state index contributed by atoms with van der Waals surface area (Å²) in [5.74, 6) is -0.100. The maximum absolute atomic E-state index is 11.3. The molecule has 0 aromatic heterocycles. The lowest BCUT2D eigenvalue weighted by atomic mass is 10.0. The van der Waals surface area contributed by atoms with Gasteiger partial charge in [0.1, 0.15) is 0 Å². The maximum atomic E-state index is 11.3. The van der Waals surface area contributed by atoms with Crippen LogP contribution in [0.15, 0.2) is 0 Å². The second-order valence-electron chi connectivity index (χ2n) is 4.23. The second kappa shape index (κ2) is 4.49. The molecule has 0 N–H and O–H groups in total. The van der Waals surface area contributed by atoms with Crippen molar-refractivity contribution in [2.24, 2.45) is 5.92 Å². The molecule has 1 heterocycles. The fourth-order valence-electron chi connectivity index (χ4n) is 2.46. The lowest BCUT2D eigenvalue weighted by Crippen LogP contribution is -2.26. The van der Waals surface area contributed by atoms with Gasteiger partial charge in [0.2, 0.25) is 0 Å². The zero-order valence-electron chi connectivity index (χ0n) is 9.16. The number of hydrogen-bond donors (Lipinski definition) is 0. The van der Waals surface area contributed by atoms with Gasteiger partial charge >= 0.3 is 5.97 Å². The predicted molar refractivity (Wildman–Crippen MR) is 53.2 cm³/mol. The molecule has 2 aliphatic rings. The maximum Gasteiger partial charge on any atom is 0.306 e. The standard InChI is InChI=1S/C11H18O4/c1-2-13-10(12)7-9-3-4-11(8-9)14-5-6-15-11/h9H,2-8H2,1H3. The summed E-state index contributed by atoms with van der Waals surface area (Å²) in [4.78, 5) is 11.3. The molecule has 1 aliphatic heterocycles. The molecule has 4 heteroatoms. The Bertz CT molecular complexity index is 233. The van der Waals surface area contributed by atoms with Gasteiger partial charge in [-0.25, -0.2) is 0 Å². The van der Waals surface area contributed by atoms with E-state index in [-0.39, 0.29) is 11.8 Å². The number of carbonyl (C=O) groups excluding carboxylic acids is 1. The van der Waals surface area contributed by atoms with Crippen molar-refractivity contribution in [2.45, 2.75) is 38.4 Å². The van der Waals surface area contributed by atoms with Crippen molar-refractivity contribution in [3.8, 4) is 0 Å². The van der Waals surface area contributed by atoms with Crippen LogP contribution in [0.3, 0.4) is 0 Å². The molecule has 1 saturated carbocycles. The molecule has 2 fully saturated rings. The summed E-state index contributed by atoms with van der Waals surface area (Å²) in [7, 11) is 0. The molecule has 1 aliphatic carbocycles. The SMILES string of the molecule is CCOC(=O)CC1CCC2(C1)OCCO2. The van der Waals surface area contributed by atoms with E-state index in [0.29, 0.717) is 32.2 Å². The summed E-state index contributed by atoms with van der Waals surface area (Å²) < 4.78 is 16.1. The Kier molecular flexibility index (Phi) is 3.26. The molecule has 0 aromatic carbocycles. The number of carbonyl (C=O) groups is 1. The van der Waals surface area contributed by atoms with Crippen molar-refractivity contribution in [3.05, 3.63) is 0 Å². The highest BCUT2D eigenvalue weighted by atomic mass is 16.7. The Morgan fingerprint density at radius 3 is 2.87 bits per heavy atom. The summed E-state index contributed by atoms with van der Waals surface area (Å²) in [6.45, 7) is 3.67. The van der Waals surface area contributed by atoms with Gasteiger partial charge in [-0.1, -0.05) is 0 Å². The summed E-state index contributed by atoms with van der Waals surface area (Å²) in [6.07, 6.45) is 3.25. The first kappa shape index (κ1) is 10.9. The van der Waals surface area contributed by atoms with Crippen molar-refractivity contribution in [3.63, 3.8) is 0 Å². The average molecular weight is 214 g/mol. The van der Waals surface area contributed by atoms with E-state index in [2.05, 4.69) is 0 Å². The normalized spacial score (nSPS) is 28.5. The fraction of sp³-hybridized carbons (Fsp3) is 0.909. The van der Waals surface area contributed by atoms with Crippen molar-refractivity contribution in [2.75, 3.05) is 19.8 Å². The minimum absolute atomic E-state index is 0.0995. The molecule has 15 heavy (non-hydrogen) atoms. The van der Waals surface area contributed by atoms with Crippen molar-refractivity contribution < 1.29 is 19.0 Å². The van der Waals surface area contributed by atoms with Crippen LogP contribution < -0.4 is 0 Å². The first-order valence-corrected chi connectivity index (χ1v) is 5.68. The molecule has 0 radical (unpaired) electrons. The van der Waals surface area contributed by atoms with Crippen LogP contribution >= 0.6 is 0 Å². The first-order valence-electron chi connectivity index (χ1n) is 5.68. The smallest absolute Gasteiger partial charge is 0.306 e. The Morgan fingerprint density at radius 2 is 2.20 bits per heavy atom. The summed E-state index contributed by atoms with van der Waals surface area (Å²) in [5, 5.41) is 0. The average Bonchev–Trinajstić information content (AvgIpc) is 2.79. The van der Waals surface area contributed by atoms with Crippen LogP contribution in [0.5, 0.6) is 0 Å². The van der Waals surface area contributed by atoms with Crippen LogP contribution in [-0.2, 0) is 19.0 Å². The topological polar surface area (TPSA) is 44.8 Å². The molecular weight excluding hydrogens is 196 g/mol. The van der Waals surface area contributed by atoms with Crippen molar-refractivity contribution in [1.29, 1.82) is 0 Å². The molecule has 1 saturated heterocycles. The Hall–Kier alpha value is -0.610. The molecule has 1 unspecified atom stereocenters. The van der Waals surface area contributed by atoms with Crippen LogP contribution in [-0.4, -0.2) is 31.6 Å². The van der Waals surface area contributed by atoms with Gasteiger partial charge in [-0.05, 0) is 19.3 Å². The molecule has 86 valence electrons. The molecule has 4 nitrogen and oxygen atoms in total. The zero-order valence-corrected chi connectivity index (χ0v) is 9.16. The highest BCUT2D eigenvalue weighted by molar-refractivity contribution is 5.69. The molecule has 0 aromatic rings. The van der Waals surface area contributed by atoms with E-state index in [1.807, 2.05) is 6.92 Å². The highest BCUT2D eigenvalue weighted by Crippen LogP contribution is 2.42. The van der Waals surface area contributed by atoms with Gasteiger partial charge in [-0.15, -0.1) is 0 Å². The zero-order chi connectivity index (χ0) is 10.7. The van der Waals surface area contributed by atoms with E-state index in [9.17, 15) is 4.79 Å². The van der Waals surface area contributed by atoms with Crippen LogP contribution in [0, 0.1) is 5.92 Å². The van der Waals surface area contributed by atoms with E-state index in [4.69, 9.17) is 14.2 Å². The number of ether oxygens (including phenoxy) is 3. The Labute approximate surface area is 89.9 Å². The van der Waals surface area contributed by atoms with E-state index in [1.54, 1.807) is 0 Å². The minimum atomic E-state index is -0.364. The van der Waals surface area contributed by atoms with Gasteiger partial charge in [-0.3, -0.25) is 4.79 Å². The third-order valence-electron chi connectivity index (χ3n) is 3.11. The molecule has 0 bridgehead atoms. The number of hydrogen-bond acceptors (Lipinski definition) is 4. The van der Waals surface area contributed by atoms with Crippen molar-refractivity contribution in [1.82, 2.24) is 0 Å². The summed E-state index contributed by atoms with van der Waals surface area (Å²) in [5.41, 5.74) is 0. The van der Waals surface area contributed by atoms with Gasteiger partial charge in [0.15, 0.2) is 5.79 Å². The lowest BCUT2D eigenvalue weighted by Gasteiger charge is -2.21. The number of rotatable bonds is 3. The first-order chi connectivity index (χ1) is 7.24. The van der Waals surface area contributed by atoms with Crippen molar-refractivity contribution >= 4 is 5.97 Å². The second-order valence-corrected chi connectivity index (χ2v) is 4.23. The monoisotopic (exact) mass is 214 g/mol. The summed E-state index contributed by atoms with van der Waals surface area (Å²) >= 11 is 0. The van der Waals surface area contributed by atoms with Gasteiger partial charge in [0.25, 0.3) is 0 Å².